The number of carbonyl (C=O) groups is 1. The van der Waals surface area contributed by atoms with Gasteiger partial charge in [0.25, 0.3) is 0 Å². The molecule has 0 bridgehead atoms. The molecule has 1 aliphatic rings. The molecule has 1 aromatic carbocycles. The van der Waals surface area contributed by atoms with Crippen LogP contribution in [0.5, 0.6) is 5.75 Å². The minimum absolute atomic E-state index is 0.152. The quantitative estimate of drug-likeness (QED) is 0.787. The summed E-state index contributed by atoms with van der Waals surface area (Å²) >= 11 is 0. The zero-order chi connectivity index (χ0) is 16.9. The second-order valence-electron chi connectivity index (χ2n) is 6.10. The molecule has 0 spiro atoms. The lowest BCUT2D eigenvalue weighted by atomic mass is 10.1. The van der Waals surface area contributed by atoms with Crippen molar-refractivity contribution in [3.05, 3.63) is 36.7 Å². The fourth-order valence-electron chi connectivity index (χ4n) is 2.88. The molecule has 0 aliphatic carbocycles. The lowest BCUT2D eigenvalue weighted by Gasteiger charge is -2.29. The lowest BCUT2D eigenvalue weighted by molar-refractivity contribution is -0.141. The maximum Gasteiger partial charge on any atom is 0.325 e. The van der Waals surface area contributed by atoms with Crippen LogP contribution in [-0.4, -0.2) is 53.8 Å². The molecule has 1 aliphatic heterocycles. The van der Waals surface area contributed by atoms with Crippen molar-refractivity contribution in [2.45, 2.75) is 25.5 Å². The first-order valence-corrected chi connectivity index (χ1v) is 8.19. The number of benzene rings is 1. The minimum Gasteiger partial charge on any atom is -0.490 e. The number of methoxy groups -OCH3 is 1. The number of esters is 1. The van der Waals surface area contributed by atoms with Gasteiger partial charge in [0.2, 0.25) is 0 Å². The first-order chi connectivity index (χ1) is 11.7. The van der Waals surface area contributed by atoms with E-state index >= 15 is 0 Å². The van der Waals surface area contributed by atoms with Crippen molar-refractivity contribution >= 4 is 5.97 Å². The molecule has 1 aromatic heterocycles. The average molecular weight is 329 g/mol. The second kappa shape index (κ2) is 7.49. The highest BCUT2D eigenvalue weighted by Crippen LogP contribution is 2.23. The Bertz CT molecular complexity index is 673. The number of imidazole rings is 1. The molecule has 1 saturated heterocycles. The van der Waals surface area contributed by atoms with Gasteiger partial charge in [0.15, 0.2) is 0 Å². The fraction of sp³-hybridized carbons (Fsp3) is 0.444. The van der Waals surface area contributed by atoms with Crippen LogP contribution in [0.4, 0.5) is 0 Å². The van der Waals surface area contributed by atoms with Gasteiger partial charge in [-0.1, -0.05) is 0 Å². The zero-order valence-corrected chi connectivity index (χ0v) is 14.1. The van der Waals surface area contributed by atoms with Gasteiger partial charge in [-0.2, -0.15) is 0 Å². The van der Waals surface area contributed by atoms with Crippen LogP contribution in [0.1, 0.15) is 12.8 Å². The zero-order valence-electron chi connectivity index (χ0n) is 14.1. The number of carbonyl (C=O) groups excluding carboxylic acids is 1. The van der Waals surface area contributed by atoms with Crippen molar-refractivity contribution in [1.82, 2.24) is 14.5 Å². The Morgan fingerprint density at radius 3 is 2.62 bits per heavy atom. The van der Waals surface area contributed by atoms with Crippen LogP contribution in [0.3, 0.4) is 0 Å². The minimum atomic E-state index is -0.295. The molecule has 6 heteroatoms. The molecule has 0 saturated carbocycles. The van der Waals surface area contributed by atoms with Gasteiger partial charge in [-0.3, -0.25) is 4.79 Å². The summed E-state index contributed by atoms with van der Waals surface area (Å²) in [6.45, 7) is 2.31. The second-order valence-corrected chi connectivity index (χ2v) is 6.10. The van der Waals surface area contributed by atoms with Crippen molar-refractivity contribution in [2.24, 2.45) is 0 Å². The maximum atomic E-state index is 11.5. The van der Waals surface area contributed by atoms with E-state index in [0.717, 1.165) is 43.1 Å². The van der Waals surface area contributed by atoms with Gasteiger partial charge in [0.05, 0.1) is 7.11 Å². The summed E-state index contributed by atoms with van der Waals surface area (Å²) in [5, 5.41) is 0. The van der Waals surface area contributed by atoms with Gasteiger partial charge in [-0.15, -0.1) is 0 Å². The molecular weight excluding hydrogens is 306 g/mol. The summed E-state index contributed by atoms with van der Waals surface area (Å²) in [7, 11) is 3.52. The number of likely N-dealkylation sites (tertiary alicyclic amines) is 1. The molecule has 0 atom stereocenters. The van der Waals surface area contributed by atoms with Crippen molar-refractivity contribution in [3.8, 4) is 17.1 Å². The molecule has 128 valence electrons. The predicted molar refractivity (Wildman–Crippen MR) is 90.8 cm³/mol. The van der Waals surface area contributed by atoms with E-state index < -0.39 is 0 Å². The van der Waals surface area contributed by atoms with E-state index in [4.69, 9.17) is 9.47 Å². The number of aromatic nitrogens is 2. The number of rotatable bonds is 5. The summed E-state index contributed by atoms with van der Waals surface area (Å²) in [5.41, 5.74) is 0.944. The Morgan fingerprint density at radius 1 is 1.25 bits per heavy atom. The summed E-state index contributed by atoms with van der Waals surface area (Å²) in [4.78, 5) is 18.1. The van der Waals surface area contributed by atoms with E-state index in [0.29, 0.717) is 0 Å². The van der Waals surface area contributed by atoms with Crippen molar-refractivity contribution < 1.29 is 14.3 Å². The van der Waals surface area contributed by atoms with Gasteiger partial charge >= 0.3 is 5.97 Å². The molecule has 0 amide bonds. The Morgan fingerprint density at radius 2 is 1.96 bits per heavy atom. The Kier molecular flexibility index (Phi) is 5.15. The average Bonchev–Trinajstić information content (AvgIpc) is 3.05. The van der Waals surface area contributed by atoms with Crippen LogP contribution in [0.2, 0.25) is 0 Å². The molecular formula is C18H23N3O3. The number of ether oxygens (including phenoxy) is 2. The van der Waals surface area contributed by atoms with E-state index in [9.17, 15) is 4.79 Å². The van der Waals surface area contributed by atoms with Crippen LogP contribution in [0, 0.1) is 0 Å². The summed E-state index contributed by atoms with van der Waals surface area (Å²) in [6.07, 6.45) is 5.85. The third-order valence-electron chi connectivity index (χ3n) is 4.32. The van der Waals surface area contributed by atoms with Gasteiger partial charge in [-0.05, 0) is 44.2 Å². The molecule has 2 aromatic rings. The Hall–Kier alpha value is -2.34. The monoisotopic (exact) mass is 329 g/mol. The SMILES string of the molecule is COC(=O)Cn1ccnc1-c1ccc(OC2CCN(C)CC2)cc1. The fourth-order valence-corrected chi connectivity index (χ4v) is 2.88. The number of nitrogens with zero attached hydrogens (tertiary/aromatic N) is 3. The number of hydrogen-bond donors (Lipinski definition) is 0. The van der Waals surface area contributed by atoms with E-state index in [1.165, 1.54) is 7.11 Å². The van der Waals surface area contributed by atoms with E-state index in [1.807, 2.05) is 24.3 Å². The lowest BCUT2D eigenvalue weighted by Crippen LogP contribution is -2.35. The summed E-state index contributed by atoms with van der Waals surface area (Å²) in [5.74, 6) is 1.32. The largest absolute Gasteiger partial charge is 0.490 e. The number of piperidine rings is 1. The highest BCUT2D eigenvalue weighted by molar-refractivity contribution is 5.70. The third kappa shape index (κ3) is 3.94. The Labute approximate surface area is 142 Å². The van der Waals surface area contributed by atoms with Crippen LogP contribution in [0.15, 0.2) is 36.7 Å². The van der Waals surface area contributed by atoms with Crippen molar-refractivity contribution in [2.75, 3.05) is 27.2 Å². The number of hydrogen-bond acceptors (Lipinski definition) is 5. The first-order valence-electron chi connectivity index (χ1n) is 8.19. The van der Waals surface area contributed by atoms with Gasteiger partial charge in [-0.25, -0.2) is 4.98 Å². The van der Waals surface area contributed by atoms with Gasteiger partial charge in [0.1, 0.15) is 24.2 Å². The molecule has 2 heterocycles. The van der Waals surface area contributed by atoms with Crippen LogP contribution >= 0.6 is 0 Å². The van der Waals surface area contributed by atoms with Crippen LogP contribution in [0.25, 0.3) is 11.4 Å². The normalized spacial score (nSPS) is 16.1. The molecule has 24 heavy (non-hydrogen) atoms. The molecule has 6 nitrogen and oxygen atoms in total. The van der Waals surface area contributed by atoms with Gasteiger partial charge in [0, 0.05) is 31.0 Å². The molecule has 0 unspecified atom stereocenters. The molecule has 1 fully saturated rings. The summed E-state index contributed by atoms with van der Waals surface area (Å²) < 4.78 is 12.6. The highest BCUT2D eigenvalue weighted by atomic mass is 16.5. The maximum absolute atomic E-state index is 11.5. The van der Waals surface area contributed by atoms with Crippen LogP contribution in [-0.2, 0) is 16.1 Å². The smallest absolute Gasteiger partial charge is 0.325 e. The molecule has 3 rings (SSSR count). The topological polar surface area (TPSA) is 56.6 Å². The first kappa shape index (κ1) is 16.5. The van der Waals surface area contributed by atoms with Crippen molar-refractivity contribution in [1.29, 1.82) is 0 Å². The Balaban J connectivity index is 1.66. The van der Waals surface area contributed by atoms with E-state index in [-0.39, 0.29) is 18.6 Å². The van der Waals surface area contributed by atoms with Crippen LogP contribution < -0.4 is 4.74 Å². The molecule has 0 N–H and O–H groups in total. The standard InChI is InChI=1S/C18H23N3O3/c1-20-10-7-16(8-11-20)24-15-5-3-14(4-6-15)18-19-9-12-21(18)13-17(22)23-2/h3-6,9,12,16H,7-8,10-11,13H2,1-2H3. The van der Waals surface area contributed by atoms with E-state index in [1.54, 1.807) is 17.0 Å². The van der Waals surface area contributed by atoms with E-state index in [2.05, 4.69) is 16.9 Å². The summed E-state index contributed by atoms with van der Waals surface area (Å²) in [6, 6.07) is 7.87. The third-order valence-corrected chi connectivity index (χ3v) is 4.32. The van der Waals surface area contributed by atoms with Crippen molar-refractivity contribution in [3.63, 3.8) is 0 Å². The van der Waals surface area contributed by atoms with Gasteiger partial charge < -0.3 is 18.9 Å². The molecule has 0 radical (unpaired) electrons. The highest BCUT2D eigenvalue weighted by Gasteiger charge is 2.18. The predicted octanol–water partition coefficient (Wildman–Crippen LogP) is 2.20.